The minimum absolute atomic E-state index is 0.251. The molecule has 0 amide bonds. The number of morpholine rings is 1. The average molecular weight is 321 g/mol. The predicted octanol–water partition coefficient (Wildman–Crippen LogP) is 4.53. The van der Waals surface area contributed by atoms with Gasteiger partial charge in [0.2, 0.25) is 0 Å². The van der Waals surface area contributed by atoms with E-state index in [0.717, 1.165) is 13.2 Å². The number of ether oxygens (including phenoxy) is 1. The first-order valence-electron chi connectivity index (χ1n) is 9.29. The Morgan fingerprint density at radius 3 is 2.58 bits per heavy atom. The molecular weight excluding hydrogens is 294 g/mol. The van der Waals surface area contributed by atoms with Gasteiger partial charge in [-0.05, 0) is 43.7 Å². The maximum atomic E-state index is 6.19. The minimum atomic E-state index is 0.251. The van der Waals surface area contributed by atoms with E-state index in [4.69, 9.17) is 4.74 Å². The molecule has 0 saturated carbocycles. The number of hydrogen-bond donors (Lipinski definition) is 0. The van der Waals surface area contributed by atoms with Gasteiger partial charge in [-0.3, -0.25) is 4.90 Å². The van der Waals surface area contributed by atoms with Crippen LogP contribution in [0.1, 0.15) is 42.1 Å². The van der Waals surface area contributed by atoms with Gasteiger partial charge < -0.3 is 4.74 Å². The summed E-state index contributed by atoms with van der Waals surface area (Å²) in [5.74, 6) is 0. The standard InChI is InChI=1S/C22H27NO/c1-17-7-10-19(11-8-17)22-21-14-13-20(23(21)15-16-24-22)12-9-18-5-3-2-4-6-18/h2-8,10-11,20-22H,9,12-16H2,1H3/t20-,21+,22+/m1/s1. The zero-order valence-electron chi connectivity index (χ0n) is 14.5. The first-order chi connectivity index (χ1) is 11.8. The van der Waals surface area contributed by atoms with Crippen molar-refractivity contribution in [1.29, 1.82) is 0 Å². The molecule has 0 radical (unpaired) electrons. The molecule has 2 heteroatoms. The van der Waals surface area contributed by atoms with E-state index < -0.39 is 0 Å². The first kappa shape index (κ1) is 15.9. The zero-order valence-corrected chi connectivity index (χ0v) is 14.5. The molecule has 0 bridgehead atoms. The minimum Gasteiger partial charge on any atom is -0.371 e. The second-order valence-electron chi connectivity index (χ2n) is 7.26. The molecule has 0 unspecified atom stereocenters. The Morgan fingerprint density at radius 1 is 1.00 bits per heavy atom. The molecule has 0 spiro atoms. The lowest BCUT2D eigenvalue weighted by atomic mass is 9.98. The van der Waals surface area contributed by atoms with Gasteiger partial charge in [-0.1, -0.05) is 60.2 Å². The second kappa shape index (κ2) is 7.08. The van der Waals surface area contributed by atoms with Gasteiger partial charge in [-0.15, -0.1) is 0 Å². The quantitative estimate of drug-likeness (QED) is 0.820. The number of nitrogens with zero attached hydrogens (tertiary/aromatic N) is 1. The molecule has 2 aliphatic rings. The van der Waals surface area contributed by atoms with Crippen molar-refractivity contribution in [2.75, 3.05) is 13.2 Å². The van der Waals surface area contributed by atoms with Gasteiger partial charge in [-0.25, -0.2) is 0 Å². The van der Waals surface area contributed by atoms with Crippen LogP contribution in [0.4, 0.5) is 0 Å². The fourth-order valence-electron chi connectivity index (χ4n) is 4.40. The number of hydrogen-bond acceptors (Lipinski definition) is 2. The Hall–Kier alpha value is -1.64. The number of rotatable bonds is 4. The SMILES string of the molecule is Cc1ccc([C@@H]2OCCN3[C@H](CCc4ccccc4)CC[C@@H]23)cc1. The van der Waals surface area contributed by atoms with E-state index in [0.29, 0.717) is 12.1 Å². The van der Waals surface area contributed by atoms with Gasteiger partial charge in [0, 0.05) is 18.6 Å². The molecular formula is C22H27NO. The Kier molecular flexibility index (Phi) is 4.68. The summed E-state index contributed by atoms with van der Waals surface area (Å²) in [5.41, 5.74) is 4.13. The predicted molar refractivity (Wildman–Crippen MR) is 98.2 cm³/mol. The molecule has 24 heavy (non-hydrogen) atoms. The third kappa shape index (κ3) is 3.26. The van der Waals surface area contributed by atoms with Gasteiger partial charge in [0.05, 0.1) is 12.7 Å². The van der Waals surface area contributed by atoms with Crippen molar-refractivity contribution in [3.8, 4) is 0 Å². The lowest BCUT2D eigenvalue weighted by molar-refractivity contribution is -0.0686. The highest BCUT2D eigenvalue weighted by Gasteiger charge is 2.41. The van der Waals surface area contributed by atoms with E-state index in [9.17, 15) is 0 Å². The monoisotopic (exact) mass is 321 g/mol. The van der Waals surface area contributed by atoms with Crippen LogP contribution in [0.3, 0.4) is 0 Å². The number of fused-ring (bicyclic) bond motifs is 1. The Morgan fingerprint density at radius 2 is 1.79 bits per heavy atom. The summed E-state index contributed by atoms with van der Waals surface area (Å²) >= 11 is 0. The van der Waals surface area contributed by atoms with Gasteiger partial charge in [0.1, 0.15) is 0 Å². The molecule has 3 atom stereocenters. The van der Waals surface area contributed by atoms with Gasteiger partial charge in [0.15, 0.2) is 0 Å². The molecule has 126 valence electrons. The highest BCUT2D eigenvalue weighted by Crippen LogP contribution is 2.39. The molecule has 4 rings (SSSR count). The van der Waals surface area contributed by atoms with E-state index >= 15 is 0 Å². The molecule has 0 N–H and O–H groups in total. The summed E-state index contributed by atoms with van der Waals surface area (Å²) in [6.45, 7) is 4.09. The fraction of sp³-hybridized carbons (Fsp3) is 0.455. The van der Waals surface area contributed by atoms with Crippen LogP contribution in [-0.4, -0.2) is 30.1 Å². The van der Waals surface area contributed by atoms with E-state index in [1.807, 2.05) is 0 Å². The van der Waals surface area contributed by atoms with Crippen LogP contribution in [-0.2, 0) is 11.2 Å². The zero-order chi connectivity index (χ0) is 16.4. The van der Waals surface area contributed by atoms with Crippen molar-refractivity contribution in [2.24, 2.45) is 0 Å². The van der Waals surface area contributed by atoms with Crippen molar-refractivity contribution in [2.45, 2.75) is 50.8 Å². The highest BCUT2D eigenvalue weighted by atomic mass is 16.5. The van der Waals surface area contributed by atoms with Crippen LogP contribution in [0.15, 0.2) is 54.6 Å². The maximum Gasteiger partial charge on any atom is 0.0980 e. The third-order valence-corrected chi connectivity index (χ3v) is 5.70. The van der Waals surface area contributed by atoms with E-state index in [1.54, 1.807) is 0 Å². The maximum absolute atomic E-state index is 6.19. The van der Waals surface area contributed by atoms with Crippen molar-refractivity contribution in [1.82, 2.24) is 4.90 Å². The van der Waals surface area contributed by atoms with Crippen LogP contribution in [0.25, 0.3) is 0 Å². The smallest absolute Gasteiger partial charge is 0.0980 e. The number of aryl methyl sites for hydroxylation is 2. The van der Waals surface area contributed by atoms with E-state index in [-0.39, 0.29) is 6.10 Å². The Labute approximate surface area is 145 Å². The van der Waals surface area contributed by atoms with Crippen molar-refractivity contribution >= 4 is 0 Å². The fourth-order valence-corrected chi connectivity index (χ4v) is 4.40. The van der Waals surface area contributed by atoms with Crippen LogP contribution in [0, 0.1) is 6.92 Å². The topological polar surface area (TPSA) is 12.5 Å². The average Bonchev–Trinajstić information content (AvgIpc) is 3.05. The Bertz CT molecular complexity index is 651. The van der Waals surface area contributed by atoms with E-state index in [2.05, 4.69) is 66.4 Å². The lowest BCUT2D eigenvalue weighted by Crippen LogP contribution is -2.46. The molecule has 2 heterocycles. The summed E-state index contributed by atoms with van der Waals surface area (Å²) in [6, 6.07) is 21.1. The molecule has 2 fully saturated rings. The van der Waals surface area contributed by atoms with Crippen LogP contribution in [0.5, 0.6) is 0 Å². The second-order valence-corrected chi connectivity index (χ2v) is 7.26. The molecule has 2 aromatic carbocycles. The molecule has 0 aromatic heterocycles. The summed E-state index contributed by atoms with van der Waals surface area (Å²) in [6.07, 6.45) is 5.27. The highest BCUT2D eigenvalue weighted by molar-refractivity contribution is 5.25. The lowest BCUT2D eigenvalue weighted by Gasteiger charge is -2.39. The molecule has 2 nitrogen and oxygen atoms in total. The number of benzene rings is 2. The van der Waals surface area contributed by atoms with Crippen molar-refractivity contribution in [3.05, 3.63) is 71.3 Å². The van der Waals surface area contributed by atoms with Crippen molar-refractivity contribution < 1.29 is 4.74 Å². The summed E-state index contributed by atoms with van der Waals surface area (Å²) in [4.78, 5) is 2.73. The summed E-state index contributed by atoms with van der Waals surface area (Å²) in [7, 11) is 0. The third-order valence-electron chi connectivity index (χ3n) is 5.70. The van der Waals surface area contributed by atoms with Crippen LogP contribution < -0.4 is 0 Å². The van der Waals surface area contributed by atoms with Crippen molar-refractivity contribution in [3.63, 3.8) is 0 Å². The molecule has 2 aliphatic heterocycles. The van der Waals surface area contributed by atoms with Gasteiger partial charge in [0.25, 0.3) is 0 Å². The van der Waals surface area contributed by atoms with E-state index in [1.165, 1.54) is 42.4 Å². The normalized spacial score (nSPS) is 27.1. The van der Waals surface area contributed by atoms with Crippen LogP contribution >= 0.6 is 0 Å². The van der Waals surface area contributed by atoms with Gasteiger partial charge in [-0.2, -0.15) is 0 Å². The largest absolute Gasteiger partial charge is 0.371 e. The first-order valence-corrected chi connectivity index (χ1v) is 9.29. The molecule has 2 aromatic rings. The molecule has 0 aliphatic carbocycles. The molecule has 2 saturated heterocycles. The summed E-state index contributed by atoms with van der Waals surface area (Å²) < 4.78 is 6.19. The van der Waals surface area contributed by atoms with Crippen LogP contribution in [0.2, 0.25) is 0 Å². The summed E-state index contributed by atoms with van der Waals surface area (Å²) in [5, 5.41) is 0. The Balaban J connectivity index is 1.43. The van der Waals surface area contributed by atoms with Gasteiger partial charge >= 0.3 is 0 Å².